The van der Waals surface area contributed by atoms with Crippen LogP contribution in [-0.2, 0) is 9.31 Å². The Hall–Kier alpha value is -1.20. The van der Waals surface area contributed by atoms with E-state index in [2.05, 4.69) is 0 Å². The van der Waals surface area contributed by atoms with Crippen LogP contribution in [0.25, 0.3) is 0 Å². The van der Waals surface area contributed by atoms with Crippen LogP contribution in [0.3, 0.4) is 0 Å². The molecule has 1 aliphatic rings. The maximum absolute atomic E-state index is 6.11. The van der Waals surface area contributed by atoms with E-state index >= 15 is 0 Å². The molecule has 2 rings (SSSR count). The molecule has 0 amide bonds. The van der Waals surface area contributed by atoms with Crippen molar-refractivity contribution in [3.05, 3.63) is 18.2 Å². The molecule has 0 spiro atoms. The average molecular weight is 292 g/mol. The predicted octanol–water partition coefficient (Wildman–Crippen LogP) is 2.78. The molecule has 1 heterocycles. The van der Waals surface area contributed by atoms with E-state index in [0.717, 1.165) is 17.0 Å². The highest BCUT2D eigenvalue weighted by molar-refractivity contribution is 6.63. The molecule has 4 nitrogen and oxygen atoms in total. The summed E-state index contributed by atoms with van der Waals surface area (Å²) >= 11 is 0. The number of ether oxygens (including phenoxy) is 2. The zero-order valence-electron chi connectivity index (χ0n) is 14.0. The highest BCUT2D eigenvalue weighted by Gasteiger charge is 2.52. The molecule has 116 valence electrons. The summed E-state index contributed by atoms with van der Waals surface area (Å²) in [4.78, 5) is 0. The van der Waals surface area contributed by atoms with Gasteiger partial charge >= 0.3 is 7.12 Å². The van der Waals surface area contributed by atoms with Crippen LogP contribution >= 0.6 is 0 Å². The first kappa shape index (κ1) is 16.2. The Morgan fingerprint density at radius 1 is 1.05 bits per heavy atom. The SMILES string of the molecule is COc1ccc(OC(C)C)c(B2OC(C)(C)C(C)(C)O2)c1. The van der Waals surface area contributed by atoms with Gasteiger partial charge in [-0.1, -0.05) is 0 Å². The molecule has 0 bridgehead atoms. The fourth-order valence-corrected chi connectivity index (χ4v) is 2.17. The summed E-state index contributed by atoms with van der Waals surface area (Å²) in [5.41, 5.74) is 0.104. The van der Waals surface area contributed by atoms with E-state index in [9.17, 15) is 0 Å². The van der Waals surface area contributed by atoms with Crippen molar-refractivity contribution in [2.45, 2.75) is 58.8 Å². The summed E-state index contributed by atoms with van der Waals surface area (Å²) in [6, 6.07) is 5.70. The monoisotopic (exact) mass is 292 g/mol. The molecule has 0 saturated carbocycles. The van der Waals surface area contributed by atoms with E-state index in [1.165, 1.54) is 0 Å². The van der Waals surface area contributed by atoms with Gasteiger partial charge < -0.3 is 18.8 Å². The first-order valence-corrected chi connectivity index (χ1v) is 7.36. The molecule has 0 aliphatic carbocycles. The molecule has 5 heteroatoms. The van der Waals surface area contributed by atoms with Gasteiger partial charge in [-0.3, -0.25) is 0 Å². The van der Waals surface area contributed by atoms with Gasteiger partial charge in [0.15, 0.2) is 0 Å². The minimum absolute atomic E-state index is 0.0829. The molecule has 1 aromatic rings. The third-order valence-corrected chi connectivity index (χ3v) is 4.09. The molecule has 21 heavy (non-hydrogen) atoms. The summed E-state index contributed by atoms with van der Waals surface area (Å²) in [5, 5.41) is 0. The Labute approximate surface area is 127 Å². The second kappa shape index (κ2) is 5.54. The number of rotatable bonds is 4. The molecule has 0 aromatic heterocycles. The normalized spacial score (nSPS) is 19.9. The lowest BCUT2D eigenvalue weighted by molar-refractivity contribution is 0.00578. The van der Waals surface area contributed by atoms with E-state index in [1.807, 2.05) is 59.7 Å². The van der Waals surface area contributed by atoms with Crippen LogP contribution in [0, 0.1) is 0 Å². The first-order valence-electron chi connectivity index (χ1n) is 7.36. The summed E-state index contributed by atoms with van der Waals surface area (Å²) in [7, 11) is 1.19. The highest BCUT2D eigenvalue weighted by Crippen LogP contribution is 2.37. The second-order valence-electron chi connectivity index (χ2n) is 6.66. The van der Waals surface area contributed by atoms with Crippen LogP contribution in [0.5, 0.6) is 11.5 Å². The number of hydrogen-bond donors (Lipinski definition) is 0. The molecule has 0 atom stereocenters. The lowest BCUT2D eigenvalue weighted by Gasteiger charge is -2.32. The Balaban J connectivity index is 2.38. The van der Waals surface area contributed by atoms with Crippen LogP contribution in [0.1, 0.15) is 41.5 Å². The van der Waals surface area contributed by atoms with Crippen molar-refractivity contribution >= 4 is 12.6 Å². The third-order valence-electron chi connectivity index (χ3n) is 4.09. The zero-order valence-corrected chi connectivity index (χ0v) is 14.0. The van der Waals surface area contributed by atoms with E-state index in [1.54, 1.807) is 7.11 Å². The van der Waals surface area contributed by atoms with Gasteiger partial charge in [-0.05, 0) is 59.7 Å². The van der Waals surface area contributed by atoms with Crippen molar-refractivity contribution in [3.63, 3.8) is 0 Å². The Morgan fingerprint density at radius 2 is 1.62 bits per heavy atom. The Kier molecular flexibility index (Phi) is 4.27. The van der Waals surface area contributed by atoms with Gasteiger partial charge in [0, 0.05) is 5.46 Å². The van der Waals surface area contributed by atoms with Gasteiger partial charge in [-0.25, -0.2) is 0 Å². The van der Waals surface area contributed by atoms with Crippen molar-refractivity contribution in [2.24, 2.45) is 0 Å². The lowest BCUT2D eigenvalue weighted by atomic mass is 9.78. The smallest absolute Gasteiger partial charge is 0.497 e. The van der Waals surface area contributed by atoms with E-state index < -0.39 is 7.12 Å². The van der Waals surface area contributed by atoms with Gasteiger partial charge in [-0.15, -0.1) is 0 Å². The summed E-state index contributed by atoms with van der Waals surface area (Å²) in [6.45, 7) is 12.1. The minimum atomic E-state index is -0.459. The lowest BCUT2D eigenvalue weighted by Crippen LogP contribution is -2.41. The van der Waals surface area contributed by atoms with E-state index in [-0.39, 0.29) is 17.3 Å². The fraction of sp³-hybridized carbons (Fsp3) is 0.625. The third kappa shape index (κ3) is 3.19. The van der Waals surface area contributed by atoms with Crippen molar-refractivity contribution in [2.75, 3.05) is 7.11 Å². The predicted molar refractivity (Wildman–Crippen MR) is 84.5 cm³/mol. The van der Waals surface area contributed by atoms with Crippen LogP contribution in [0.15, 0.2) is 18.2 Å². The summed E-state index contributed by atoms with van der Waals surface area (Å²) < 4.78 is 23.4. The highest BCUT2D eigenvalue weighted by atomic mass is 16.7. The molecular weight excluding hydrogens is 267 g/mol. The van der Waals surface area contributed by atoms with E-state index in [0.29, 0.717) is 0 Å². The van der Waals surface area contributed by atoms with Gasteiger partial charge in [-0.2, -0.15) is 0 Å². The van der Waals surface area contributed by atoms with Gasteiger partial charge in [0.1, 0.15) is 11.5 Å². The molecule has 0 radical (unpaired) electrons. The molecular formula is C16H25BO4. The number of benzene rings is 1. The summed E-state index contributed by atoms with van der Waals surface area (Å²) in [5.74, 6) is 1.53. The Morgan fingerprint density at radius 3 is 2.10 bits per heavy atom. The van der Waals surface area contributed by atoms with Gasteiger partial charge in [0.05, 0.1) is 24.4 Å². The zero-order chi connectivity index (χ0) is 15.8. The number of methoxy groups -OCH3 is 1. The standard InChI is InChI=1S/C16H25BO4/c1-11(2)19-14-9-8-12(18-7)10-13(14)17-20-15(3,4)16(5,6)21-17/h8-11H,1-7H3. The van der Waals surface area contributed by atoms with Gasteiger partial charge in [0.2, 0.25) is 0 Å². The minimum Gasteiger partial charge on any atom is -0.497 e. The molecule has 1 fully saturated rings. The molecule has 0 unspecified atom stereocenters. The maximum Gasteiger partial charge on any atom is 0.498 e. The second-order valence-corrected chi connectivity index (χ2v) is 6.66. The van der Waals surface area contributed by atoms with Crippen LogP contribution < -0.4 is 14.9 Å². The van der Waals surface area contributed by atoms with E-state index in [4.69, 9.17) is 18.8 Å². The largest absolute Gasteiger partial charge is 0.498 e. The quantitative estimate of drug-likeness (QED) is 0.800. The molecule has 1 aliphatic heterocycles. The van der Waals surface area contributed by atoms with Gasteiger partial charge in [0.25, 0.3) is 0 Å². The molecule has 1 aromatic carbocycles. The van der Waals surface area contributed by atoms with Crippen molar-refractivity contribution < 1.29 is 18.8 Å². The molecule has 0 N–H and O–H groups in total. The van der Waals surface area contributed by atoms with Crippen LogP contribution in [-0.4, -0.2) is 31.5 Å². The van der Waals surface area contributed by atoms with Crippen molar-refractivity contribution in [1.82, 2.24) is 0 Å². The maximum atomic E-state index is 6.11. The fourth-order valence-electron chi connectivity index (χ4n) is 2.17. The summed E-state index contributed by atoms with van der Waals surface area (Å²) in [6.07, 6.45) is 0.0829. The van der Waals surface area contributed by atoms with Crippen LogP contribution in [0.2, 0.25) is 0 Å². The number of hydrogen-bond acceptors (Lipinski definition) is 4. The molecule has 1 saturated heterocycles. The van der Waals surface area contributed by atoms with Crippen LogP contribution in [0.4, 0.5) is 0 Å². The topological polar surface area (TPSA) is 36.9 Å². The van der Waals surface area contributed by atoms with Crippen molar-refractivity contribution in [1.29, 1.82) is 0 Å². The first-order chi connectivity index (χ1) is 9.66. The Bertz CT molecular complexity index is 495. The average Bonchev–Trinajstić information content (AvgIpc) is 2.58. The van der Waals surface area contributed by atoms with Crippen molar-refractivity contribution in [3.8, 4) is 11.5 Å².